The Morgan fingerprint density at radius 3 is 2.57 bits per heavy atom. The van der Waals surface area contributed by atoms with Gasteiger partial charge < -0.3 is 4.90 Å². The molecule has 0 aliphatic carbocycles. The minimum atomic E-state index is -0.506. The van der Waals surface area contributed by atoms with Crippen LogP contribution in [-0.4, -0.2) is 34.1 Å². The first-order valence-electron chi connectivity index (χ1n) is 10.5. The molecule has 0 unspecified atom stereocenters. The Labute approximate surface area is 174 Å². The third kappa shape index (κ3) is 3.99. The minimum Gasteiger partial charge on any atom is -0.339 e. The van der Waals surface area contributed by atoms with Crippen LogP contribution in [-0.2, 0) is 6.42 Å². The topological polar surface area (TPSA) is 66.1 Å². The maximum atomic E-state index is 14.5. The van der Waals surface area contributed by atoms with Crippen molar-refractivity contribution in [1.82, 2.24) is 15.1 Å². The molecule has 5 nitrogen and oxygen atoms in total. The Morgan fingerprint density at radius 2 is 1.87 bits per heavy atom. The number of carbonyl (C=O) groups is 1. The molecule has 1 aliphatic heterocycles. The maximum absolute atomic E-state index is 14.5. The number of fused-ring (bicyclic) bond motifs is 1. The second-order valence-corrected chi connectivity index (χ2v) is 8.41. The van der Waals surface area contributed by atoms with Gasteiger partial charge in [0.2, 0.25) is 0 Å². The van der Waals surface area contributed by atoms with E-state index < -0.39 is 5.82 Å². The monoisotopic (exact) mass is 407 g/mol. The molecule has 30 heavy (non-hydrogen) atoms. The van der Waals surface area contributed by atoms with Crippen LogP contribution in [0.2, 0.25) is 0 Å². The fourth-order valence-electron chi connectivity index (χ4n) is 4.29. The van der Waals surface area contributed by atoms with Crippen molar-refractivity contribution in [3.05, 3.63) is 75.5 Å². The van der Waals surface area contributed by atoms with Gasteiger partial charge in [0.15, 0.2) is 0 Å². The van der Waals surface area contributed by atoms with Crippen LogP contribution < -0.4 is 5.56 Å². The number of aromatic amines is 1. The summed E-state index contributed by atoms with van der Waals surface area (Å²) in [6.45, 7) is 5.74. The van der Waals surface area contributed by atoms with Gasteiger partial charge in [0.05, 0.1) is 16.6 Å². The highest BCUT2D eigenvalue weighted by Crippen LogP contribution is 2.26. The molecule has 0 saturated carbocycles. The van der Waals surface area contributed by atoms with Gasteiger partial charge in [-0.1, -0.05) is 38.1 Å². The van der Waals surface area contributed by atoms with Crippen molar-refractivity contribution < 1.29 is 9.18 Å². The molecular weight excluding hydrogens is 381 g/mol. The van der Waals surface area contributed by atoms with Crippen LogP contribution in [0.1, 0.15) is 48.3 Å². The predicted octanol–water partition coefficient (Wildman–Crippen LogP) is 4.16. The van der Waals surface area contributed by atoms with E-state index in [1.165, 1.54) is 6.07 Å². The highest BCUT2D eigenvalue weighted by Gasteiger charge is 2.26. The van der Waals surface area contributed by atoms with Crippen molar-refractivity contribution in [2.24, 2.45) is 11.8 Å². The molecule has 1 fully saturated rings. The molecule has 0 bridgehead atoms. The highest BCUT2D eigenvalue weighted by atomic mass is 19.1. The lowest BCUT2D eigenvalue weighted by Crippen LogP contribution is -2.39. The first kappa shape index (κ1) is 20.3. The molecule has 1 aliphatic rings. The van der Waals surface area contributed by atoms with Gasteiger partial charge in [-0.25, -0.2) is 9.49 Å². The van der Waals surface area contributed by atoms with E-state index >= 15 is 0 Å². The van der Waals surface area contributed by atoms with Gasteiger partial charge in [-0.3, -0.25) is 9.59 Å². The predicted molar refractivity (Wildman–Crippen MR) is 115 cm³/mol. The third-order valence-electron chi connectivity index (χ3n) is 6.18. The van der Waals surface area contributed by atoms with E-state index in [1.807, 2.05) is 12.1 Å². The van der Waals surface area contributed by atoms with Crippen LogP contribution in [0.15, 0.2) is 47.3 Å². The van der Waals surface area contributed by atoms with Crippen LogP contribution >= 0.6 is 0 Å². The zero-order valence-electron chi connectivity index (χ0n) is 17.3. The van der Waals surface area contributed by atoms with Crippen LogP contribution in [0.3, 0.4) is 0 Å². The summed E-state index contributed by atoms with van der Waals surface area (Å²) in [6.07, 6.45) is 2.31. The summed E-state index contributed by atoms with van der Waals surface area (Å²) in [7, 11) is 0. The van der Waals surface area contributed by atoms with E-state index in [4.69, 9.17) is 0 Å². The summed E-state index contributed by atoms with van der Waals surface area (Å²) >= 11 is 0. The summed E-state index contributed by atoms with van der Waals surface area (Å²) in [5, 5.41) is 8.03. The molecule has 0 radical (unpaired) electrons. The Morgan fingerprint density at radius 1 is 1.17 bits per heavy atom. The number of likely N-dealkylation sites (tertiary alicyclic amines) is 1. The molecule has 0 atom stereocenters. The fourth-order valence-corrected chi connectivity index (χ4v) is 4.29. The third-order valence-corrected chi connectivity index (χ3v) is 6.18. The summed E-state index contributed by atoms with van der Waals surface area (Å²) in [5.41, 5.74) is 1.33. The SMILES string of the molecule is CC(C)C1CCN(C(=O)c2cc(Cc3n[nH]c(=O)c4ccccc34)ccc2F)CC1. The van der Waals surface area contributed by atoms with Gasteiger partial charge in [0.25, 0.3) is 11.5 Å². The molecule has 4 rings (SSSR count). The molecule has 0 spiro atoms. The number of rotatable bonds is 4. The minimum absolute atomic E-state index is 0.101. The lowest BCUT2D eigenvalue weighted by Gasteiger charge is -2.34. The Kier molecular flexibility index (Phi) is 5.66. The molecule has 1 saturated heterocycles. The second-order valence-electron chi connectivity index (χ2n) is 8.41. The lowest BCUT2D eigenvalue weighted by molar-refractivity contribution is 0.0663. The average Bonchev–Trinajstić information content (AvgIpc) is 2.76. The van der Waals surface area contributed by atoms with Crippen LogP contribution in [0, 0.1) is 17.7 Å². The van der Waals surface area contributed by atoms with Gasteiger partial charge in [-0.05, 0) is 48.4 Å². The number of nitrogens with one attached hydrogen (secondary N) is 1. The molecular formula is C24H26FN3O2. The zero-order chi connectivity index (χ0) is 21.3. The van der Waals surface area contributed by atoms with Crippen molar-refractivity contribution in [2.75, 3.05) is 13.1 Å². The number of halogens is 1. The first-order valence-corrected chi connectivity index (χ1v) is 10.5. The van der Waals surface area contributed by atoms with Crippen molar-refractivity contribution in [3.8, 4) is 0 Å². The van der Waals surface area contributed by atoms with Crippen LogP contribution in [0.4, 0.5) is 4.39 Å². The molecule has 3 aromatic rings. The molecule has 1 N–H and O–H groups in total. The molecule has 156 valence electrons. The normalized spacial score (nSPS) is 15.1. The van der Waals surface area contributed by atoms with Crippen molar-refractivity contribution in [2.45, 2.75) is 33.1 Å². The standard InChI is InChI=1S/C24H26FN3O2/c1-15(2)17-9-11-28(12-10-17)24(30)20-13-16(7-8-21(20)25)14-22-18-5-3-4-6-19(18)23(29)27-26-22/h3-8,13,15,17H,9-12,14H2,1-2H3,(H,27,29). The number of piperidine rings is 1. The number of nitrogens with zero attached hydrogens (tertiary/aromatic N) is 2. The summed E-state index contributed by atoms with van der Waals surface area (Å²) in [4.78, 5) is 26.7. The number of H-pyrrole nitrogens is 1. The van der Waals surface area contributed by atoms with E-state index in [0.29, 0.717) is 42.4 Å². The van der Waals surface area contributed by atoms with Crippen LogP contribution in [0.25, 0.3) is 10.8 Å². The molecule has 1 amide bonds. The molecule has 2 aromatic carbocycles. The fraction of sp³-hybridized carbons (Fsp3) is 0.375. The largest absolute Gasteiger partial charge is 0.339 e. The Bertz CT molecular complexity index is 1130. The maximum Gasteiger partial charge on any atom is 0.272 e. The van der Waals surface area contributed by atoms with E-state index in [-0.39, 0.29) is 17.0 Å². The number of benzene rings is 2. The van der Waals surface area contributed by atoms with Gasteiger partial charge in [-0.2, -0.15) is 5.10 Å². The smallest absolute Gasteiger partial charge is 0.272 e. The second kappa shape index (κ2) is 8.38. The number of hydrogen-bond acceptors (Lipinski definition) is 3. The van der Waals surface area contributed by atoms with E-state index in [1.54, 1.807) is 29.2 Å². The quantitative estimate of drug-likeness (QED) is 0.706. The van der Waals surface area contributed by atoms with Crippen LogP contribution in [0.5, 0.6) is 0 Å². The lowest BCUT2D eigenvalue weighted by atomic mass is 9.86. The Hall–Kier alpha value is -3.02. The Balaban J connectivity index is 1.58. The van der Waals surface area contributed by atoms with Gasteiger partial charge in [0, 0.05) is 24.9 Å². The average molecular weight is 407 g/mol. The number of aromatic nitrogens is 2. The van der Waals surface area contributed by atoms with Crippen molar-refractivity contribution in [3.63, 3.8) is 0 Å². The summed E-state index contributed by atoms with van der Waals surface area (Å²) in [5.74, 6) is 0.455. The van der Waals surface area contributed by atoms with E-state index in [2.05, 4.69) is 24.0 Å². The molecule has 1 aromatic heterocycles. The van der Waals surface area contributed by atoms with Crippen molar-refractivity contribution in [1.29, 1.82) is 0 Å². The van der Waals surface area contributed by atoms with Gasteiger partial charge in [-0.15, -0.1) is 0 Å². The van der Waals surface area contributed by atoms with Gasteiger partial charge >= 0.3 is 0 Å². The zero-order valence-corrected chi connectivity index (χ0v) is 17.3. The number of hydrogen-bond donors (Lipinski definition) is 1. The van der Waals surface area contributed by atoms with Crippen molar-refractivity contribution >= 4 is 16.7 Å². The summed E-state index contributed by atoms with van der Waals surface area (Å²) < 4.78 is 14.5. The number of carbonyl (C=O) groups excluding carboxylic acids is 1. The highest BCUT2D eigenvalue weighted by molar-refractivity contribution is 5.94. The number of amides is 1. The molecule has 2 heterocycles. The van der Waals surface area contributed by atoms with E-state index in [9.17, 15) is 14.0 Å². The molecule has 6 heteroatoms. The van der Waals surface area contributed by atoms with Gasteiger partial charge in [0.1, 0.15) is 5.82 Å². The first-order chi connectivity index (χ1) is 14.4. The van der Waals surface area contributed by atoms with E-state index in [0.717, 1.165) is 23.8 Å². The summed E-state index contributed by atoms with van der Waals surface area (Å²) in [6, 6.07) is 11.9.